The van der Waals surface area contributed by atoms with E-state index in [9.17, 15) is 0 Å². The summed E-state index contributed by atoms with van der Waals surface area (Å²) in [6.07, 6.45) is 1.16. The van der Waals surface area contributed by atoms with Gasteiger partial charge in [-0.3, -0.25) is 4.90 Å². The summed E-state index contributed by atoms with van der Waals surface area (Å²) in [7, 11) is 2.13. The maximum atomic E-state index is 5.92. The first-order valence-electron chi connectivity index (χ1n) is 6.87. The molecule has 0 aliphatic carbocycles. The molecule has 0 saturated heterocycles. The zero-order valence-corrected chi connectivity index (χ0v) is 13.0. The van der Waals surface area contributed by atoms with Gasteiger partial charge in [0.25, 0.3) is 0 Å². The first kappa shape index (κ1) is 16.2. The highest BCUT2D eigenvalue weighted by molar-refractivity contribution is 6.30. The smallest absolute Gasteiger partial charge is 0.0406 e. The van der Waals surface area contributed by atoms with Gasteiger partial charge in [-0.1, -0.05) is 37.2 Å². The molecule has 0 amide bonds. The topological polar surface area (TPSA) is 15.3 Å². The van der Waals surface area contributed by atoms with Crippen LogP contribution in [0, 0.1) is 0 Å². The van der Waals surface area contributed by atoms with E-state index in [0.29, 0.717) is 6.04 Å². The molecule has 0 aromatic heterocycles. The van der Waals surface area contributed by atoms with Crippen LogP contribution >= 0.6 is 11.6 Å². The molecule has 0 heterocycles. The lowest BCUT2D eigenvalue weighted by Gasteiger charge is -2.26. The fraction of sp³-hybridized carbons (Fsp3) is 0.500. The Morgan fingerprint density at radius 1 is 1.37 bits per heavy atom. The minimum absolute atomic E-state index is 0.361. The third-order valence-electron chi connectivity index (χ3n) is 3.29. The standard InChI is InChI=1S/C16H25ClN2/c1-5-10-18-11-13(2)12-19(4)14(3)15-6-8-16(17)9-7-15/h6-9,14,18H,2,5,10-12H2,1,3-4H3. The van der Waals surface area contributed by atoms with Gasteiger partial charge in [0.05, 0.1) is 0 Å². The molecule has 0 fully saturated rings. The third-order valence-corrected chi connectivity index (χ3v) is 3.54. The van der Waals surface area contributed by atoms with E-state index in [0.717, 1.165) is 31.1 Å². The number of likely N-dealkylation sites (N-methyl/N-ethyl adjacent to an activating group) is 1. The monoisotopic (exact) mass is 280 g/mol. The molecule has 2 nitrogen and oxygen atoms in total. The zero-order chi connectivity index (χ0) is 14.3. The number of rotatable bonds is 8. The predicted molar refractivity (Wildman–Crippen MR) is 84.8 cm³/mol. The zero-order valence-electron chi connectivity index (χ0n) is 12.2. The number of nitrogens with one attached hydrogen (secondary N) is 1. The van der Waals surface area contributed by atoms with Crippen LogP contribution in [0.2, 0.25) is 5.02 Å². The van der Waals surface area contributed by atoms with Gasteiger partial charge in [0.1, 0.15) is 0 Å². The molecule has 3 heteroatoms. The van der Waals surface area contributed by atoms with Crippen LogP contribution in [-0.4, -0.2) is 31.6 Å². The van der Waals surface area contributed by atoms with Gasteiger partial charge >= 0.3 is 0 Å². The molecule has 0 aliphatic heterocycles. The third kappa shape index (κ3) is 5.77. The van der Waals surface area contributed by atoms with Crippen LogP contribution in [0.4, 0.5) is 0 Å². The molecule has 106 valence electrons. The Morgan fingerprint density at radius 3 is 2.58 bits per heavy atom. The molecule has 0 radical (unpaired) electrons. The van der Waals surface area contributed by atoms with Crippen LogP contribution in [0.3, 0.4) is 0 Å². The van der Waals surface area contributed by atoms with Gasteiger partial charge < -0.3 is 5.32 Å². The van der Waals surface area contributed by atoms with Crippen LogP contribution in [0.15, 0.2) is 36.4 Å². The molecule has 0 bridgehead atoms. The Kier molecular flexibility index (Phi) is 7.14. The van der Waals surface area contributed by atoms with E-state index in [1.54, 1.807) is 0 Å². The second-order valence-corrected chi connectivity index (χ2v) is 5.51. The van der Waals surface area contributed by atoms with Crippen molar-refractivity contribution < 1.29 is 0 Å². The first-order chi connectivity index (χ1) is 9.04. The fourth-order valence-corrected chi connectivity index (χ4v) is 2.11. The van der Waals surface area contributed by atoms with E-state index in [-0.39, 0.29) is 0 Å². The Balaban J connectivity index is 2.46. The average Bonchev–Trinajstić information content (AvgIpc) is 2.39. The van der Waals surface area contributed by atoms with E-state index in [2.05, 4.69) is 49.8 Å². The van der Waals surface area contributed by atoms with Crippen molar-refractivity contribution in [3.05, 3.63) is 47.0 Å². The molecular weight excluding hydrogens is 256 g/mol. The van der Waals surface area contributed by atoms with Gasteiger partial charge in [-0.05, 0) is 50.2 Å². The molecule has 1 rings (SSSR count). The lowest BCUT2D eigenvalue weighted by molar-refractivity contribution is 0.281. The Morgan fingerprint density at radius 2 is 2.00 bits per heavy atom. The van der Waals surface area contributed by atoms with Crippen molar-refractivity contribution in [2.45, 2.75) is 26.3 Å². The van der Waals surface area contributed by atoms with E-state index < -0.39 is 0 Å². The highest BCUT2D eigenvalue weighted by Crippen LogP contribution is 2.21. The predicted octanol–water partition coefficient (Wildman–Crippen LogP) is 3.89. The van der Waals surface area contributed by atoms with Gasteiger partial charge in [0.2, 0.25) is 0 Å². The molecule has 0 spiro atoms. The summed E-state index contributed by atoms with van der Waals surface area (Å²) < 4.78 is 0. The number of halogens is 1. The van der Waals surface area contributed by atoms with E-state index in [1.165, 1.54) is 11.1 Å². The van der Waals surface area contributed by atoms with Crippen LogP contribution in [-0.2, 0) is 0 Å². The van der Waals surface area contributed by atoms with Crippen molar-refractivity contribution in [3.8, 4) is 0 Å². The molecule has 1 unspecified atom stereocenters. The van der Waals surface area contributed by atoms with Crippen LogP contribution in [0.5, 0.6) is 0 Å². The highest BCUT2D eigenvalue weighted by atomic mass is 35.5. The van der Waals surface area contributed by atoms with Gasteiger partial charge in [-0.2, -0.15) is 0 Å². The van der Waals surface area contributed by atoms with Crippen LogP contribution < -0.4 is 5.32 Å². The molecule has 0 saturated carbocycles. The second kappa shape index (κ2) is 8.36. The van der Waals surface area contributed by atoms with E-state index >= 15 is 0 Å². The number of hydrogen-bond donors (Lipinski definition) is 1. The highest BCUT2D eigenvalue weighted by Gasteiger charge is 2.12. The van der Waals surface area contributed by atoms with Gasteiger partial charge in [-0.25, -0.2) is 0 Å². The molecule has 19 heavy (non-hydrogen) atoms. The van der Waals surface area contributed by atoms with Crippen molar-refractivity contribution >= 4 is 11.6 Å². The summed E-state index contributed by atoms with van der Waals surface area (Å²) in [5.74, 6) is 0. The summed E-state index contributed by atoms with van der Waals surface area (Å²) in [4.78, 5) is 2.30. The summed E-state index contributed by atoms with van der Waals surface area (Å²) in [5, 5.41) is 4.17. The minimum atomic E-state index is 0.361. The Hall–Kier alpha value is -0.830. The SMILES string of the molecule is C=C(CNCCC)CN(C)C(C)c1ccc(Cl)cc1. The minimum Gasteiger partial charge on any atom is -0.313 e. The molecule has 1 aromatic carbocycles. The normalized spacial score (nSPS) is 12.7. The number of hydrogen-bond acceptors (Lipinski definition) is 2. The molecule has 1 atom stereocenters. The Labute approximate surface area is 122 Å². The van der Waals surface area contributed by atoms with E-state index in [1.807, 2.05) is 12.1 Å². The van der Waals surface area contributed by atoms with Gasteiger partial charge in [-0.15, -0.1) is 0 Å². The number of benzene rings is 1. The Bertz CT molecular complexity index is 386. The lowest BCUT2D eigenvalue weighted by atomic mass is 10.1. The van der Waals surface area contributed by atoms with E-state index in [4.69, 9.17) is 11.6 Å². The summed E-state index contributed by atoms with van der Waals surface area (Å²) in [5.41, 5.74) is 2.50. The van der Waals surface area contributed by atoms with Crippen LogP contribution in [0.1, 0.15) is 31.9 Å². The largest absolute Gasteiger partial charge is 0.313 e. The second-order valence-electron chi connectivity index (χ2n) is 5.07. The molecular formula is C16H25ClN2. The van der Waals surface area contributed by atoms with Crippen molar-refractivity contribution in [1.82, 2.24) is 10.2 Å². The molecule has 0 aliphatic rings. The molecule has 1 N–H and O–H groups in total. The van der Waals surface area contributed by atoms with Crippen LogP contribution in [0.25, 0.3) is 0 Å². The van der Waals surface area contributed by atoms with Gasteiger partial charge in [0.15, 0.2) is 0 Å². The van der Waals surface area contributed by atoms with Gasteiger partial charge in [0, 0.05) is 24.2 Å². The first-order valence-corrected chi connectivity index (χ1v) is 7.25. The summed E-state index contributed by atoms with van der Waals surface area (Å²) >= 11 is 5.92. The summed E-state index contributed by atoms with van der Waals surface area (Å²) in [6.45, 7) is 11.4. The lowest BCUT2D eigenvalue weighted by Crippen LogP contribution is -2.28. The van der Waals surface area contributed by atoms with Crippen molar-refractivity contribution in [3.63, 3.8) is 0 Å². The summed E-state index contributed by atoms with van der Waals surface area (Å²) in [6, 6.07) is 8.42. The fourth-order valence-electron chi connectivity index (χ4n) is 1.98. The maximum Gasteiger partial charge on any atom is 0.0406 e. The quantitative estimate of drug-likeness (QED) is 0.574. The van der Waals surface area contributed by atoms with Crippen molar-refractivity contribution in [2.75, 3.05) is 26.7 Å². The molecule has 1 aromatic rings. The average molecular weight is 281 g/mol. The van der Waals surface area contributed by atoms with Crippen molar-refractivity contribution in [2.24, 2.45) is 0 Å². The van der Waals surface area contributed by atoms with Crippen molar-refractivity contribution in [1.29, 1.82) is 0 Å². The maximum absolute atomic E-state index is 5.92. The number of nitrogens with zero attached hydrogens (tertiary/aromatic N) is 1.